The number of hydrogen-bond donors (Lipinski definition) is 1. The number of nitrogens with zero attached hydrogens (tertiary/aromatic N) is 2. The Morgan fingerprint density at radius 1 is 1.60 bits per heavy atom. The zero-order valence-electron chi connectivity index (χ0n) is 11.0. The summed E-state index contributed by atoms with van der Waals surface area (Å²) in [6, 6.07) is 6.44. The van der Waals surface area contributed by atoms with Gasteiger partial charge in [-0.15, -0.1) is 0 Å². The lowest BCUT2D eigenvalue weighted by atomic mass is 10.2. The van der Waals surface area contributed by atoms with Crippen LogP contribution in [-0.4, -0.2) is 30.7 Å². The van der Waals surface area contributed by atoms with Gasteiger partial charge in [0, 0.05) is 6.04 Å². The highest BCUT2D eigenvalue weighted by molar-refractivity contribution is 5.50. The average Bonchev–Trinajstić information content (AvgIpc) is 3.27. The molecule has 0 heterocycles. The third kappa shape index (κ3) is 3.59. The first kappa shape index (κ1) is 14.1. The zero-order valence-corrected chi connectivity index (χ0v) is 11.0. The molecule has 2 rings (SSSR count). The highest BCUT2D eigenvalue weighted by Crippen LogP contribution is 2.30. The number of nitro benzene ring substituents is 1. The molecule has 7 heteroatoms. The summed E-state index contributed by atoms with van der Waals surface area (Å²) >= 11 is 0. The maximum absolute atomic E-state index is 10.9. The molecule has 0 spiro atoms. The SMILES string of the molecule is COc1ccc(OCC(C#N)NC2CC2)cc1[N+](=O)[O-]. The van der Waals surface area contributed by atoms with Crippen molar-refractivity contribution in [3.05, 3.63) is 28.3 Å². The summed E-state index contributed by atoms with van der Waals surface area (Å²) in [5.74, 6) is 0.519. The molecule has 0 amide bonds. The smallest absolute Gasteiger partial charge is 0.314 e. The van der Waals surface area contributed by atoms with E-state index in [1.54, 1.807) is 6.07 Å². The standard InChI is InChI=1S/C13H15N3O4/c1-19-13-5-4-11(6-12(13)16(17)18)20-8-10(7-14)15-9-2-3-9/h4-6,9-10,15H,2-3,8H2,1H3. The number of nitrogens with one attached hydrogen (secondary N) is 1. The van der Waals surface area contributed by atoms with Gasteiger partial charge in [0.15, 0.2) is 5.75 Å². The van der Waals surface area contributed by atoms with Gasteiger partial charge in [0.2, 0.25) is 0 Å². The third-order valence-corrected chi connectivity index (χ3v) is 2.93. The van der Waals surface area contributed by atoms with Crippen LogP contribution in [0.2, 0.25) is 0 Å². The van der Waals surface area contributed by atoms with Gasteiger partial charge in [0.25, 0.3) is 0 Å². The molecule has 1 atom stereocenters. The maximum atomic E-state index is 10.9. The molecule has 0 aromatic heterocycles. The van der Waals surface area contributed by atoms with Gasteiger partial charge in [-0.25, -0.2) is 0 Å². The van der Waals surface area contributed by atoms with Gasteiger partial charge in [-0.1, -0.05) is 0 Å². The van der Waals surface area contributed by atoms with Crippen molar-refractivity contribution in [2.75, 3.05) is 13.7 Å². The molecule has 1 aliphatic rings. The molecule has 0 bridgehead atoms. The Hall–Kier alpha value is -2.33. The van der Waals surface area contributed by atoms with Crippen molar-refractivity contribution in [2.24, 2.45) is 0 Å². The predicted molar refractivity (Wildman–Crippen MR) is 70.7 cm³/mol. The fourth-order valence-electron chi connectivity index (χ4n) is 1.74. The van der Waals surface area contributed by atoms with Crippen LogP contribution in [0.1, 0.15) is 12.8 Å². The number of rotatable bonds is 7. The van der Waals surface area contributed by atoms with E-state index < -0.39 is 11.0 Å². The molecule has 106 valence electrons. The first-order valence-electron chi connectivity index (χ1n) is 6.25. The first-order valence-corrected chi connectivity index (χ1v) is 6.25. The van der Waals surface area contributed by atoms with Crippen LogP contribution in [0.4, 0.5) is 5.69 Å². The average molecular weight is 277 g/mol. The summed E-state index contributed by atoms with van der Waals surface area (Å²) in [5, 5.41) is 23.0. The van der Waals surface area contributed by atoms with Gasteiger partial charge in [0.1, 0.15) is 18.4 Å². The van der Waals surface area contributed by atoms with Crippen LogP contribution in [0.3, 0.4) is 0 Å². The number of benzene rings is 1. The van der Waals surface area contributed by atoms with Crippen molar-refractivity contribution in [1.82, 2.24) is 5.32 Å². The molecule has 1 aromatic rings. The van der Waals surface area contributed by atoms with Gasteiger partial charge in [-0.05, 0) is 25.0 Å². The minimum absolute atomic E-state index is 0.149. The molecular formula is C13H15N3O4. The lowest BCUT2D eigenvalue weighted by Crippen LogP contribution is -2.34. The lowest BCUT2D eigenvalue weighted by Gasteiger charge is -2.12. The van der Waals surface area contributed by atoms with Gasteiger partial charge < -0.3 is 9.47 Å². The quantitative estimate of drug-likeness (QED) is 0.601. The van der Waals surface area contributed by atoms with E-state index in [4.69, 9.17) is 14.7 Å². The molecule has 0 radical (unpaired) electrons. The van der Waals surface area contributed by atoms with E-state index in [-0.39, 0.29) is 18.0 Å². The normalized spacial score (nSPS) is 15.2. The summed E-state index contributed by atoms with van der Waals surface area (Å²) in [7, 11) is 1.37. The number of nitriles is 1. The van der Waals surface area contributed by atoms with Crippen LogP contribution in [0.15, 0.2) is 18.2 Å². The highest BCUT2D eigenvalue weighted by atomic mass is 16.6. The van der Waals surface area contributed by atoms with Crippen LogP contribution in [0.25, 0.3) is 0 Å². The van der Waals surface area contributed by atoms with E-state index in [2.05, 4.69) is 11.4 Å². The summed E-state index contributed by atoms with van der Waals surface area (Å²) in [6.07, 6.45) is 2.15. The molecule has 1 fully saturated rings. The Kier molecular flexibility index (Phi) is 4.38. The molecule has 0 saturated heterocycles. The number of nitro groups is 1. The Balaban J connectivity index is 1.99. The molecule has 1 aromatic carbocycles. The van der Waals surface area contributed by atoms with Crippen LogP contribution >= 0.6 is 0 Å². The molecule has 1 unspecified atom stereocenters. The topological polar surface area (TPSA) is 97.4 Å². The summed E-state index contributed by atoms with van der Waals surface area (Å²) in [4.78, 5) is 10.4. The molecule has 7 nitrogen and oxygen atoms in total. The lowest BCUT2D eigenvalue weighted by molar-refractivity contribution is -0.385. The minimum Gasteiger partial charge on any atom is -0.491 e. The maximum Gasteiger partial charge on any atom is 0.314 e. The summed E-state index contributed by atoms with van der Waals surface area (Å²) in [6.45, 7) is 0.149. The van der Waals surface area contributed by atoms with E-state index in [0.717, 1.165) is 12.8 Å². The van der Waals surface area contributed by atoms with Crippen molar-refractivity contribution >= 4 is 5.69 Å². The fourth-order valence-corrected chi connectivity index (χ4v) is 1.74. The second kappa shape index (κ2) is 6.21. The zero-order chi connectivity index (χ0) is 14.5. The molecule has 1 saturated carbocycles. The van der Waals surface area contributed by atoms with Crippen LogP contribution < -0.4 is 14.8 Å². The number of methoxy groups -OCH3 is 1. The van der Waals surface area contributed by atoms with E-state index in [1.807, 2.05) is 0 Å². The third-order valence-electron chi connectivity index (χ3n) is 2.93. The van der Waals surface area contributed by atoms with Gasteiger partial charge >= 0.3 is 5.69 Å². The Labute approximate surface area is 116 Å². The molecule has 1 aliphatic carbocycles. The van der Waals surface area contributed by atoms with Crippen LogP contribution in [0, 0.1) is 21.4 Å². The predicted octanol–water partition coefficient (Wildman–Crippen LogP) is 1.63. The molecular weight excluding hydrogens is 262 g/mol. The second-order valence-corrected chi connectivity index (χ2v) is 4.52. The molecule has 20 heavy (non-hydrogen) atoms. The van der Waals surface area contributed by atoms with Crippen molar-refractivity contribution in [3.8, 4) is 17.6 Å². The summed E-state index contributed by atoms with van der Waals surface area (Å²) < 4.78 is 10.3. The fraction of sp³-hybridized carbons (Fsp3) is 0.462. The van der Waals surface area contributed by atoms with E-state index in [0.29, 0.717) is 11.8 Å². The Bertz CT molecular complexity index is 537. The van der Waals surface area contributed by atoms with E-state index >= 15 is 0 Å². The summed E-state index contributed by atoms with van der Waals surface area (Å²) in [5.41, 5.74) is -0.159. The van der Waals surface area contributed by atoms with Crippen LogP contribution in [-0.2, 0) is 0 Å². The van der Waals surface area contributed by atoms with Crippen molar-refractivity contribution in [1.29, 1.82) is 5.26 Å². The monoisotopic (exact) mass is 277 g/mol. The largest absolute Gasteiger partial charge is 0.491 e. The molecule has 0 aliphatic heterocycles. The molecule has 1 N–H and O–H groups in total. The van der Waals surface area contributed by atoms with Gasteiger partial charge in [-0.2, -0.15) is 5.26 Å². The Morgan fingerprint density at radius 2 is 2.35 bits per heavy atom. The van der Waals surface area contributed by atoms with Crippen molar-refractivity contribution in [3.63, 3.8) is 0 Å². The van der Waals surface area contributed by atoms with Gasteiger partial charge in [-0.3, -0.25) is 15.4 Å². The van der Waals surface area contributed by atoms with Crippen LogP contribution in [0.5, 0.6) is 11.5 Å². The van der Waals surface area contributed by atoms with Crippen molar-refractivity contribution < 1.29 is 14.4 Å². The first-order chi connectivity index (χ1) is 9.63. The number of ether oxygens (including phenoxy) is 2. The minimum atomic E-state index is -0.532. The second-order valence-electron chi connectivity index (χ2n) is 4.52. The van der Waals surface area contributed by atoms with Crippen molar-refractivity contribution in [2.45, 2.75) is 24.9 Å². The Morgan fingerprint density at radius 3 is 2.90 bits per heavy atom. The number of hydrogen-bond acceptors (Lipinski definition) is 6. The van der Waals surface area contributed by atoms with Gasteiger partial charge in [0.05, 0.1) is 24.2 Å². The van der Waals surface area contributed by atoms with E-state index in [9.17, 15) is 10.1 Å². The highest BCUT2D eigenvalue weighted by Gasteiger charge is 2.25. The van der Waals surface area contributed by atoms with E-state index in [1.165, 1.54) is 19.2 Å².